The Balaban J connectivity index is 2.11. The van der Waals surface area contributed by atoms with E-state index in [1.807, 2.05) is 0 Å². The van der Waals surface area contributed by atoms with Crippen molar-refractivity contribution in [3.8, 4) is 0 Å². The summed E-state index contributed by atoms with van der Waals surface area (Å²) >= 11 is 0. The number of nitrogens with one attached hydrogen (secondary N) is 1. The molecular weight excluding hydrogens is 335 g/mol. The van der Waals surface area contributed by atoms with E-state index in [1.54, 1.807) is 32.0 Å². The molecule has 0 saturated heterocycles. The number of hydrogen-bond acceptors (Lipinski definition) is 3. The summed E-state index contributed by atoms with van der Waals surface area (Å²) < 4.78 is 42.7. The second-order valence-electron chi connectivity index (χ2n) is 5.56. The van der Waals surface area contributed by atoms with Crippen LogP contribution in [0.25, 0.3) is 0 Å². The van der Waals surface area contributed by atoms with Gasteiger partial charge in [0.05, 0.1) is 17.2 Å². The number of carbonyl (C=O) groups excluding carboxylic acids is 2. The van der Waals surface area contributed by atoms with Gasteiger partial charge in [0.25, 0.3) is 5.91 Å². The molecule has 2 aromatic rings. The zero-order valence-corrected chi connectivity index (χ0v) is 13.6. The Hall–Kier alpha value is -2.83. The van der Waals surface area contributed by atoms with Crippen LogP contribution >= 0.6 is 0 Å². The minimum atomic E-state index is -4.46. The van der Waals surface area contributed by atoms with Crippen LogP contribution in [0.1, 0.15) is 40.1 Å². The molecule has 25 heavy (non-hydrogen) atoms. The fourth-order valence-corrected chi connectivity index (χ4v) is 2.02. The van der Waals surface area contributed by atoms with Gasteiger partial charge in [-0.2, -0.15) is 13.2 Å². The SMILES string of the molecule is CC(C)OC(=O)c1cccc(NC(=O)c2ccc(C(F)(F)F)cc2)c1. The first-order chi connectivity index (χ1) is 11.7. The molecule has 2 aromatic carbocycles. The van der Waals surface area contributed by atoms with Crippen molar-refractivity contribution < 1.29 is 27.5 Å². The van der Waals surface area contributed by atoms with Crippen molar-refractivity contribution in [3.05, 3.63) is 65.2 Å². The van der Waals surface area contributed by atoms with Crippen molar-refractivity contribution in [2.75, 3.05) is 5.32 Å². The first kappa shape index (κ1) is 18.5. The highest BCUT2D eigenvalue weighted by molar-refractivity contribution is 6.04. The maximum absolute atomic E-state index is 12.5. The fraction of sp³-hybridized carbons (Fsp3) is 0.222. The summed E-state index contributed by atoms with van der Waals surface area (Å²) in [4.78, 5) is 24.0. The Kier molecular flexibility index (Phi) is 5.46. The first-order valence-electron chi connectivity index (χ1n) is 7.46. The van der Waals surface area contributed by atoms with Gasteiger partial charge in [-0.3, -0.25) is 4.79 Å². The molecule has 0 fully saturated rings. The number of benzene rings is 2. The average molecular weight is 351 g/mol. The summed E-state index contributed by atoms with van der Waals surface area (Å²) in [6, 6.07) is 9.97. The Morgan fingerprint density at radius 2 is 1.64 bits per heavy atom. The molecule has 0 aliphatic heterocycles. The summed E-state index contributed by atoms with van der Waals surface area (Å²) in [5.74, 6) is -1.11. The number of carbonyl (C=O) groups is 2. The Bertz CT molecular complexity index is 768. The number of anilines is 1. The van der Waals surface area contributed by atoms with Crippen LogP contribution in [0.3, 0.4) is 0 Å². The van der Waals surface area contributed by atoms with Crippen LogP contribution in [0.5, 0.6) is 0 Å². The molecule has 0 aliphatic carbocycles. The van der Waals surface area contributed by atoms with Crippen LogP contribution in [0, 0.1) is 0 Å². The highest BCUT2D eigenvalue weighted by Gasteiger charge is 2.30. The number of esters is 1. The van der Waals surface area contributed by atoms with E-state index in [4.69, 9.17) is 4.74 Å². The number of hydrogen-bond donors (Lipinski definition) is 1. The molecule has 0 bridgehead atoms. The van der Waals surface area contributed by atoms with Crippen molar-refractivity contribution in [1.29, 1.82) is 0 Å². The smallest absolute Gasteiger partial charge is 0.416 e. The molecule has 132 valence electrons. The highest BCUT2D eigenvalue weighted by Crippen LogP contribution is 2.29. The second kappa shape index (κ2) is 7.38. The van der Waals surface area contributed by atoms with Gasteiger partial charge in [-0.05, 0) is 56.3 Å². The lowest BCUT2D eigenvalue weighted by molar-refractivity contribution is -0.137. The van der Waals surface area contributed by atoms with E-state index >= 15 is 0 Å². The quantitative estimate of drug-likeness (QED) is 0.824. The molecule has 0 aromatic heterocycles. The van der Waals surface area contributed by atoms with Gasteiger partial charge in [0.15, 0.2) is 0 Å². The minimum Gasteiger partial charge on any atom is -0.459 e. The maximum Gasteiger partial charge on any atom is 0.416 e. The standard InChI is InChI=1S/C18H16F3NO3/c1-11(2)25-17(24)13-4-3-5-15(10-13)22-16(23)12-6-8-14(9-7-12)18(19,20)21/h3-11H,1-2H3,(H,22,23). The zero-order valence-electron chi connectivity index (χ0n) is 13.6. The van der Waals surface area contributed by atoms with E-state index in [0.29, 0.717) is 5.69 Å². The number of halogens is 3. The molecule has 0 unspecified atom stereocenters. The van der Waals surface area contributed by atoms with Gasteiger partial charge in [0, 0.05) is 11.3 Å². The van der Waals surface area contributed by atoms with Crippen molar-refractivity contribution in [2.24, 2.45) is 0 Å². The molecule has 4 nitrogen and oxygen atoms in total. The summed E-state index contributed by atoms with van der Waals surface area (Å²) in [7, 11) is 0. The lowest BCUT2D eigenvalue weighted by atomic mass is 10.1. The molecule has 0 atom stereocenters. The fourth-order valence-electron chi connectivity index (χ4n) is 2.02. The molecule has 1 amide bonds. The summed E-state index contributed by atoms with van der Waals surface area (Å²) in [6.45, 7) is 3.43. The van der Waals surface area contributed by atoms with E-state index < -0.39 is 23.6 Å². The molecule has 7 heteroatoms. The number of alkyl halides is 3. The van der Waals surface area contributed by atoms with Gasteiger partial charge in [0.1, 0.15) is 0 Å². The summed E-state index contributed by atoms with van der Waals surface area (Å²) in [6.07, 6.45) is -4.74. The summed E-state index contributed by atoms with van der Waals surface area (Å²) in [5, 5.41) is 2.54. The zero-order chi connectivity index (χ0) is 18.6. The van der Waals surface area contributed by atoms with Gasteiger partial charge >= 0.3 is 12.1 Å². The maximum atomic E-state index is 12.5. The van der Waals surface area contributed by atoms with Crippen molar-refractivity contribution in [2.45, 2.75) is 26.1 Å². The number of rotatable bonds is 4. The third kappa shape index (κ3) is 5.07. The van der Waals surface area contributed by atoms with E-state index in [-0.39, 0.29) is 17.2 Å². The third-order valence-corrected chi connectivity index (χ3v) is 3.17. The molecule has 0 heterocycles. The molecule has 1 N–H and O–H groups in total. The normalized spacial score (nSPS) is 11.3. The van der Waals surface area contributed by atoms with Crippen LogP contribution < -0.4 is 5.32 Å². The predicted octanol–water partition coefficient (Wildman–Crippen LogP) is 4.52. The average Bonchev–Trinajstić information content (AvgIpc) is 2.54. The third-order valence-electron chi connectivity index (χ3n) is 3.17. The largest absolute Gasteiger partial charge is 0.459 e. The lowest BCUT2D eigenvalue weighted by Gasteiger charge is -2.10. The number of ether oxygens (including phenoxy) is 1. The van der Waals surface area contributed by atoms with Gasteiger partial charge < -0.3 is 10.1 Å². The second-order valence-corrected chi connectivity index (χ2v) is 5.56. The van der Waals surface area contributed by atoms with Crippen LogP contribution in [0.2, 0.25) is 0 Å². The Morgan fingerprint density at radius 3 is 2.20 bits per heavy atom. The van der Waals surface area contributed by atoms with E-state index in [2.05, 4.69) is 5.32 Å². The molecular formula is C18H16F3NO3. The van der Waals surface area contributed by atoms with E-state index in [1.165, 1.54) is 6.07 Å². The molecule has 0 radical (unpaired) electrons. The van der Waals surface area contributed by atoms with Crippen LogP contribution in [0.15, 0.2) is 48.5 Å². The van der Waals surface area contributed by atoms with Crippen molar-refractivity contribution in [3.63, 3.8) is 0 Å². The van der Waals surface area contributed by atoms with Gasteiger partial charge in [-0.25, -0.2) is 4.79 Å². The first-order valence-corrected chi connectivity index (χ1v) is 7.46. The van der Waals surface area contributed by atoms with Gasteiger partial charge in [0.2, 0.25) is 0 Å². The van der Waals surface area contributed by atoms with Crippen LogP contribution in [0.4, 0.5) is 18.9 Å². The topological polar surface area (TPSA) is 55.4 Å². The van der Waals surface area contributed by atoms with Gasteiger partial charge in [-0.1, -0.05) is 6.07 Å². The van der Waals surface area contributed by atoms with Crippen LogP contribution in [-0.4, -0.2) is 18.0 Å². The lowest BCUT2D eigenvalue weighted by Crippen LogP contribution is -2.14. The van der Waals surface area contributed by atoms with E-state index in [9.17, 15) is 22.8 Å². The molecule has 2 rings (SSSR count). The van der Waals surface area contributed by atoms with Crippen LogP contribution in [-0.2, 0) is 10.9 Å². The van der Waals surface area contributed by atoms with Gasteiger partial charge in [-0.15, -0.1) is 0 Å². The minimum absolute atomic E-state index is 0.0724. The Morgan fingerprint density at radius 1 is 1.00 bits per heavy atom. The van der Waals surface area contributed by atoms with Crippen molar-refractivity contribution in [1.82, 2.24) is 0 Å². The molecule has 0 saturated carbocycles. The predicted molar refractivity (Wildman–Crippen MR) is 86.4 cm³/mol. The summed E-state index contributed by atoms with van der Waals surface area (Å²) in [5.41, 5.74) is -0.160. The molecule has 0 spiro atoms. The number of amides is 1. The van der Waals surface area contributed by atoms with E-state index in [0.717, 1.165) is 24.3 Å². The Labute approximate surface area is 142 Å². The molecule has 0 aliphatic rings. The highest BCUT2D eigenvalue weighted by atomic mass is 19.4. The monoisotopic (exact) mass is 351 g/mol. The van der Waals surface area contributed by atoms with Crippen molar-refractivity contribution >= 4 is 17.6 Å².